The number of nitrogens with one attached hydrogen (secondary N) is 2. The summed E-state index contributed by atoms with van der Waals surface area (Å²) in [4.78, 5) is 4.65. The molecular weight excluding hydrogens is 324 g/mol. The minimum atomic E-state index is 0.222. The maximum atomic E-state index is 9.01. The average molecular weight is 352 g/mol. The topological polar surface area (TPSA) is 78.0 Å². The monoisotopic (exact) mass is 352 g/mol. The van der Waals surface area contributed by atoms with Crippen molar-refractivity contribution in [3.63, 3.8) is 0 Å². The molecule has 0 fully saturated rings. The normalized spacial score (nSPS) is 12.5. The van der Waals surface area contributed by atoms with Crippen LogP contribution in [0.25, 0.3) is 0 Å². The molecular formula is C20H28N6. The standard InChI is InChI=1S/C20H28N6/c1-6-22-20(23-13-18-9-7-8-17(11-18)12-21)24-14(2)10-19-15(3)25-26(5)16(19)4/h7-9,11,14H,6,10,13H2,1-5H3,(H2,22,23,24). The van der Waals surface area contributed by atoms with Crippen molar-refractivity contribution in [3.05, 3.63) is 52.3 Å². The van der Waals surface area contributed by atoms with Crippen molar-refractivity contribution in [1.82, 2.24) is 20.4 Å². The van der Waals surface area contributed by atoms with Gasteiger partial charge in [-0.3, -0.25) is 4.68 Å². The number of nitrogens with zero attached hydrogens (tertiary/aromatic N) is 4. The Labute approximate surface area is 155 Å². The molecule has 26 heavy (non-hydrogen) atoms. The van der Waals surface area contributed by atoms with Gasteiger partial charge in [0, 0.05) is 25.3 Å². The first-order valence-electron chi connectivity index (χ1n) is 8.97. The van der Waals surface area contributed by atoms with E-state index in [0.29, 0.717) is 12.1 Å². The van der Waals surface area contributed by atoms with E-state index in [1.807, 2.05) is 36.9 Å². The molecule has 6 nitrogen and oxygen atoms in total. The van der Waals surface area contributed by atoms with E-state index in [-0.39, 0.29) is 6.04 Å². The van der Waals surface area contributed by atoms with Crippen molar-refractivity contribution in [3.8, 4) is 6.07 Å². The van der Waals surface area contributed by atoms with E-state index >= 15 is 0 Å². The van der Waals surface area contributed by atoms with Gasteiger partial charge in [-0.1, -0.05) is 12.1 Å². The molecule has 2 aromatic rings. The minimum absolute atomic E-state index is 0.222. The highest BCUT2D eigenvalue weighted by atomic mass is 15.3. The van der Waals surface area contributed by atoms with Crippen LogP contribution in [0.2, 0.25) is 0 Å². The molecule has 0 aliphatic rings. The molecule has 1 aromatic carbocycles. The predicted molar refractivity (Wildman–Crippen MR) is 105 cm³/mol. The Morgan fingerprint density at radius 1 is 1.38 bits per heavy atom. The van der Waals surface area contributed by atoms with Crippen LogP contribution in [-0.2, 0) is 20.0 Å². The number of benzene rings is 1. The lowest BCUT2D eigenvalue weighted by molar-refractivity contribution is 0.636. The van der Waals surface area contributed by atoms with E-state index < -0.39 is 0 Å². The van der Waals surface area contributed by atoms with Crippen LogP contribution in [0.15, 0.2) is 29.3 Å². The number of rotatable bonds is 6. The summed E-state index contributed by atoms with van der Waals surface area (Å²) in [5.41, 5.74) is 5.24. The summed E-state index contributed by atoms with van der Waals surface area (Å²) in [6.45, 7) is 9.67. The smallest absolute Gasteiger partial charge is 0.191 e. The van der Waals surface area contributed by atoms with Gasteiger partial charge in [0.05, 0.1) is 23.9 Å². The lowest BCUT2D eigenvalue weighted by atomic mass is 10.1. The molecule has 138 valence electrons. The van der Waals surface area contributed by atoms with E-state index in [2.05, 4.69) is 47.6 Å². The molecule has 1 unspecified atom stereocenters. The lowest BCUT2D eigenvalue weighted by Gasteiger charge is -2.18. The van der Waals surface area contributed by atoms with E-state index in [1.54, 1.807) is 6.07 Å². The van der Waals surface area contributed by atoms with Crippen LogP contribution >= 0.6 is 0 Å². The van der Waals surface area contributed by atoms with Crippen LogP contribution in [0.3, 0.4) is 0 Å². The highest BCUT2D eigenvalue weighted by molar-refractivity contribution is 5.80. The molecule has 0 aliphatic carbocycles. The zero-order valence-corrected chi connectivity index (χ0v) is 16.3. The summed E-state index contributed by atoms with van der Waals surface area (Å²) in [6, 6.07) is 9.94. The first kappa shape index (κ1) is 19.5. The summed E-state index contributed by atoms with van der Waals surface area (Å²) >= 11 is 0. The fourth-order valence-electron chi connectivity index (χ4n) is 2.93. The fourth-order valence-corrected chi connectivity index (χ4v) is 2.93. The quantitative estimate of drug-likeness (QED) is 0.619. The number of aryl methyl sites for hydroxylation is 2. The number of hydrogen-bond donors (Lipinski definition) is 2. The van der Waals surface area contributed by atoms with E-state index in [9.17, 15) is 0 Å². The van der Waals surface area contributed by atoms with Gasteiger partial charge in [0.15, 0.2) is 5.96 Å². The maximum absolute atomic E-state index is 9.01. The average Bonchev–Trinajstić information content (AvgIpc) is 2.86. The van der Waals surface area contributed by atoms with Gasteiger partial charge in [0.25, 0.3) is 0 Å². The zero-order chi connectivity index (χ0) is 19.1. The summed E-state index contributed by atoms with van der Waals surface area (Å²) in [5, 5.41) is 20.3. The first-order valence-corrected chi connectivity index (χ1v) is 8.97. The second-order valence-electron chi connectivity index (χ2n) is 6.53. The molecule has 0 saturated heterocycles. The number of guanidine groups is 1. The lowest BCUT2D eigenvalue weighted by Crippen LogP contribution is -2.43. The number of aromatic nitrogens is 2. The van der Waals surface area contributed by atoms with Crippen LogP contribution in [0.5, 0.6) is 0 Å². The third-order valence-electron chi connectivity index (χ3n) is 4.37. The van der Waals surface area contributed by atoms with Gasteiger partial charge < -0.3 is 10.6 Å². The summed E-state index contributed by atoms with van der Waals surface area (Å²) in [6.07, 6.45) is 0.889. The Morgan fingerprint density at radius 3 is 2.77 bits per heavy atom. The highest BCUT2D eigenvalue weighted by Gasteiger charge is 2.14. The predicted octanol–water partition coefficient (Wildman–Crippen LogP) is 2.59. The van der Waals surface area contributed by atoms with Crippen LogP contribution < -0.4 is 10.6 Å². The second-order valence-corrected chi connectivity index (χ2v) is 6.53. The van der Waals surface area contributed by atoms with Crippen LogP contribution in [0.1, 0.15) is 41.9 Å². The van der Waals surface area contributed by atoms with Gasteiger partial charge in [0.1, 0.15) is 0 Å². The number of nitriles is 1. The van der Waals surface area contributed by atoms with Crippen molar-refractivity contribution in [2.75, 3.05) is 6.54 Å². The molecule has 2 rings (SSSR count). The second kappa shape index (κ2) is 9.04. The molecule has 0 aliphatic heterocycles. The van der Waals surface area contributed by atoms with E-state index in [0.717, 1.165) is 30.2 Å². The Balaban J connectivity index is 2.05. The molecule has 0 saturated carbocycles. The summed E-state index contributed by atoms with van der Waals surface area (Å²) in [7, 11) is 1.98. The summed E-state index contributed by atoms with van der Waals surface area (Å²) in [5.74, 6) is 0.779. The van der Waals surface area contributed by atoms with Gasteiger partial charge in [0.2, 0.25) is 0 Å². The van der Waals surface area contributed by atoms with Crippen LogP contribution in [0, 0.1) is 25.2 Å². The van der Waals surface area contributed by atoms with Gasteiger partial charge in [-0.15, -0.1) is 0 Å². The Morgan fingerprint density at radius 2 is 2.15 bits per heavy atom. The molecule has 6 heteroatoms. The van der Waals surface area contributed by atoms with Crippen molar-refractivity contribution in [2.24, 2.45) is 12.0 Å². The van der Waals surface area contributed by atoms with Crippen molar-refractivity contribution >= 4 is 5.96 Å². The largest absolute Gasteiger partial charge is 0.357 e. The van der Waals surface area contributed by atoms with Crippen molar-refractivity contribution in [1.29, 1.82) is 5.26 Å². The number of hydrogen-bond acceptors (Lipinski definition) is 3. The fraction of sp³-hybridized carbons (Fsp3) is 0.450. The maximum Gasteiger partial charge on any atom is 0.191 e. The highest BCUT2D eigenvalue weighted by Crippen LogP contribution is 2.14. The third-order valence-corrected chi connectivity index (χ3v) is 4.37. The molecule has 0 amide bonds. The van der Waals surface area contributed by atoms with Gasteiger partial charge in [-0.25, -0.2) is 4.99 Å². The van der Waals surface area contributed by atoms with E-state index in [1.165, 1.54) is 11.3 Å². The Kier molecular flexibility index (Phi) is 6.79. The molecule has 1 heterocycles. The Bertz CT molecular complexity index is 812. The third kappa shape index (κ3) is 5.09. The number of aliphatic imine (C=N–C) groups is 1. The van der Waals surface area contributed by atoms with Crippen LogP contribution in [0.4, 0.5) is 0 Å². The molecule has 0 spiro atoms. The van der Waals surface area contributed by atoms with Gasteiger partial charge >= 0.3 is 0 Å². The van der Waals surface area contributed by atoms with Crippen molar-refractivity contribution < 1.29 is 0 Å². The van der Waals surface area contributed by atoms with Gasteiger partial charge in [-0.2, -0.15) is 10.4 Å². The minimum Gasteiger partial charge on any atom is -0.357 e. The van der Waals surface area contributed by atoms with Crippen molar-refractivity contribution in [2.45, 2.75) is 46.7 Å². The SMILES string of the molecule is CCNC(=NCc1cccc(C#N)c1)NC(C)Cc1c(C)nn(C)c1C. The first-order chi connectivity index (χ1) is 12.4. The molecule has 1 aromatic heterocycles. The molecule has 2 N–H and O–H groups in total. The zero-order valence-electron chi connectivity index (χ0n) is 16.3. The van der Waals surface area contributed by atoms with Crippen LogP contribution in [-0.4, -0.2) is 28.3 Å². The van der Waals surface area contributed by atoms with Gasteiger partial charge in [-0.05, 0) is 57.4 Å². The molecule has 0 bridgehead atoms. The molecule has 1 atom stereocenters. The summed E-state index contributed by atoms with van der Waals surface area (Å²) < 4.78 is 1.93. The van der Waals surface area contributed by atoms with E-state index in [4.69, 9.17) is 5.26 Å². The molecule has 0 radical (unpaired) electrons. The Hall–Kier alpha value is -2.81.